The number of aryl methyl sites for hydroxylation is 1. The van der Waals surface area contributed by atoms with E-state index in [-0.39, 0.29) is 0 Å². The van der Waals surface area contributed by atoms with Gasteiger partial charge >= 0.3 is 0 Å². The van der Waals surface area contributed by atoms with Gasteiger partial charge < -0.3 is 10.3 Å². The molecule has 1 aromatic carbocycles. The lowest BCUT2D eigenvalue weighted by atomic mass is 10.0. The van der Waals surface area contributed by atoms with E-state index in [0.29, 0.717) is 23.3 Å². The van der Waals surface area contributed by atoms with Crippen molar-refractivity contribution in [1.82, 2.24) is 9.55 Å². The first-order chi connectivity index (χ1) is 9.84. The molecule has 0 bridgehead atoms. The number of aromatic nitrogens is 2. The molecule has 114 valence electrons. The highest BCUT2D eigenvalue weighted by atomic mass is 15.1. The summed E-state index contributed by atoms with van der Waals surface area (Å²) < 4.78 is 2.43. The molecule has 0 atom stereocenters. The fourth-order valence-corrected chi connectivity index (χ4v) is 3.84. The molecule has 3 rings (SSSR count). The van der Waals surface area contributed by atoms with E-state index in [0.717, 1.165) is 24.0 Å². The average molecular weight is 285 g/mol. The molecule has 0 unspecified atom stereocenters. The highest BCUT2D eigenvalue weighted by molar-refractivity contribution is 5.77. The van der Waals surface area contributed by atoms with Crippen LogP contribution in [0, 0.1) is 10.8 Å². The third-order valence-electron chi connectivity index (χ3n) is 5.80. The van der Waals surface area contributed by atoms with Gasteiger partial charge in [0.1, 0.15) is 5.82 Å². The maximum absolute atomic E-state index is 5.77. The Labute approximate surface area is 127 Å². The largest absolute Gasteiger partial charge is 0.328 e. The fraction of sp³-hybridized carbons (Fsp3) is 0.611. The number of nitrogens with two attached hydrogens (primary N) is 1. The number of fused-ring (bicyclic) bond motifs is 1. The summed E-state index contributed by atoms with van der Waals surface area (Å²) in [6.07, 6.45) is 1.13. The Bertz CT molecular complexity index is 665. The molecule has 0 aliphatic heterocycles. The summed E-state index contributed by atoms with van der Waals surface area (Å²) in [5.74, 6) is 1.79. The lowest BCUT2D eigenvalue weighted by Gasteiger charge is -2.09. The van der Waals surface area contributed by atoms with Gasteiger partial charge in [0.15, 0.2) is 0 Å². The third-order valence-corrected chi connectivity index (χ3v) is 5.80. The molecule has 1 fully saturated rings. The van der Waals surface area contributed by atoms with Gasteiger partial charge in [0.2, 0.25) is 0 Å². The van der Waals surface area contributed by atoms with E-state index < -0.39 is 0 Å². The van der Waals surface area contributed by atoms with E-state index in [1.165, 1.54) is 11.3 Å². The van der Waals surface area contributed by atoms with Crippen LogP contribution in [0.15, 0.2) is 18.2 Å². The van der Waals surface area contributed by atoms with Crippen molar-refractivity contribution >= 4 is 11.0 Å². The Balaban J connectivity index is 2.16. The van der Waals surface area contributed by atoms with Gasteiger partial charge in [-0.1, -0.05) is 40.7 Å². The second-order valence-electron chi connectivity index (χ2n) is 7.53. The number of hydrogen-bond acceptors (Lipinski definition) is 2. The van der Waals surface area contributed by atoms with Gasteiger partial charge in [-0.15, -0.1) is 0 Å². The standard InChI is InChI=1S/C18H27N3/c1-6-9-21-14-8-7-12(11-19)10-13(14)20-16(21)15-17(2,3)18(15,4)5/h7-8,10,15H,6,9,11,19H2,1-5H3. The lowest BCUT2D eigenvalue weighted by molar-refractivity contribution is 0.457. The highest BCUT2D eigenvalue weighted by Crippen LogP contribution is 2.73. The van der Waals surface area contributed by atoms with Crippen LogP contribution in [0.2, 0.25) is 0 Å². The van der Waals surface area contributed by atoms with Crippen molar-refractivity contribution in [2.75, 3.05) is 0 Å². The summed E-state index contributed by atoms with van der Waals surface area (Å²) in [6.45, 7) is 13.3. The summed E-state index contributed by atoms with van der Waals surface area (Å²) in [6, 6.07) is 6.46. The smallest absolute Gasteiger partial charge is 0.114 e. The first-order valence-electron chi connectivity index (χ1n) is 8.03. The van der Waals surface area contributed by atoms with E-state index in [1.54, 1.807) is 0 Å². The van der Waals surface area contributed by atoms with Gasteiger partial charge in [-0.05, 0) is 34.9 Å². The monoisotopic (exact) mass is 285 g/mol. The lowest BCUT2D eigenvalue weighted by Crippen LogP contribution is -2.05. The molecular formula is C18H27N3. The zero-order valence-corrected chi connectivity index (χ0v) is 13.9. The van der Waals surface area contributed by atoms with E-state index in [4.69, 9.17) is 10.7 Å². The Morgan fingerprint density at radius 1 is 1.19 bits per heavy atom. The molecule has 0 saturated heterocycles. The van der Waals surface area contributed by atoms with Crippen LogP contribution in [0.3, 0.4) is 0 Å². The third kappa shape index (κ3) is 1.94. The molecule has 2 aromatic rings. The first kappa shape index (κ1) is 14.6. The molecule has 0 spiro atoms. The van der Waals surface area contributed by atoms with Crippen LogP contribution in [0.5, 0.6) is 0 Å². The van der Waals surface area contributed by atoms with E-state index in [2.05, 4.69) is 57.4 Å². The number of rotatable bonds is 4. The van der Waals surface area contributed by atoms with Gasteiger partial charge in [0.25, 0.3) is 0 Å². The van der Waals surface area contributed by atoms with Crippen LogP contribution in [-0.2, 0) is 13.1 Å². The molecule has 21 heavy (non-hydrogen) atoms. The van der Waals surface area contributed by atoms with Crippen molar-refractivity contribution in [1.29, 1.82) is 0 Å². The van der Waals surface area contributed by atoms with Crippen LogP contribution in [0.4, 0.5) is 0 Å². The number of imidazole rings is 1. The number of hydrogen-bond donors (Lipinski definition) is 1. The summed E-state index contributed by atoms with van der Waals surface area (Å²) in [7, 11) is 0. The molecule has 3 nitrogen and oxygen atoms in total. The molecule has 3 heteroatoms. The van der Waals surface area contributed by atoms with Crippen LogP contribution >= 0.6 is 0 Å². The summed E-state index contributed by atoms with van der Waals surface area (Å²) in [5.41, 5.74) is 9.91. The molecule has 0 radical (unpaired) electrons. The molecule has 1 saturated carbocycles. The van der Waals surface area contributed by atoms with Crippen molar-refractivity contribution in [3.05, 3.63) is 29.6 Å². The second kappa shape index (κ2) is 4.57. The Kier molecular flexibility index (Phi) is 3.17. The molecule has 0 amide bonds. The van der Waals surface area contributed by atoms with Crippen molar-refractivity contribution in [3.63, 3.8) is 0 Å². The molecule has 2 N–H and O–H groups in total. The van der Waals surface area contributed by atoms with Crippen molar-refractivity contribution in [3.8, 4) is 0 Å². The van der Waals surface area contributed by atoms with Crippen molar-refractivity contribution in [2.24, 2.45) is 16.6 Å². The van der Waals surface area contributed by atoms with Crippen LogP contribution in [-0.4, -0.2) is 9.55 Å². The van der Waals surface area contributed by atoms with Crippen LogP contribution in [0.25, 0.3) is 11.0 Å². The zero-order chi connectivity index (χ0) is 15.4. The molecule has 1 heterocycles. The molecular weight excluding hydrogens is 258 g/mol. The topological polar surface area (TPSA) is 43.8 Å². The quantitative estimate of drug-likeness (QED) is 0.920. The summed E-state index contributed by atoms with van der Waals surface area (Å²) in [4.78, 5) is 5.00. The van der Waals surface area contributed by atoms with Crippen LogP contribution in [0.1, 0.15) is 58.3 Å². The molecule has 1 aliphatic carbocycles. The van der Waals surface area contributed by atoms with Crippen LogP contribution < -0.4 is 5.73 Å². The highest BCUT2D eigenvalue weighted by Gasteiger charge is 2.67. The first-order valence-corrected chi connectivity index (χ1v) is 8.03. The Morgan fingerprint density at radius 3 is 2.38 bits per heavy atom. The second-order valence-corrected chi connectivity index (χ2v) is 7.53. The minimum atomic E-state index is 0.316. The normalized spacial score (nSPS) is 20.1. The van der Waals surface area contributed by atoms with Crippen molar-refractivity contribution < 1.29 is 0 Å². The maximum Gasteiger partial charge on any atom is 0.114 e. The average Bonchev–Trinajstić information content (AvgIpc) is 2.70. The zero-order valence-electron chi connectivity index (χ0n) is 13.9. The van der Waals surface area contributed by atoms with Crippen molar-refractivity contribution in [2.45, 2.75) is 60.0 Å². The predicted molar refractivity (Wildman–Crippen MR) is 88.2 cm³/mol. The Morgan fingerprint density at radius 2 is 1.86 bits per heavy atom. The van der Waals surface area contributed by atoms with Gasteiger partial charge in [0, 0.05) is 19.0 Å². The summed E-state index contributed by atoms with van der Waals surface area (Å²) in [5, 5.41) is 0. The minimum absolute atomic E-state index is 0.316. The van der Waals surface area contributed by atoms with Gasteiger partial charge in [0.05, 0.1) is 11.0 Å². The number of benzene rings is 1. The van der Waals surface area contributed by atoms with E-state index >= 15 is 0 Å². The van der Waals surface area contributed by atoms with Gasteiger partial charge in [-0.2, -0.15) is 0 Å². The molecule has 1 aliphatic rings. The minimum Gasteiger partial charge on any atom is -0.328 e. The summed E-state index contributed by atoms with van der Waals surface area (Å²) >= 11 is 0. The SMILES string of the molecule is CCCn1c(C2C(C)(C)C2(C)C)nc2cc(CN)ccc21. The maximum atomic E-state index is 5.77. The predicted octanol–water partition coefficient (Wildman–Crippen LogP) is 4.05. The van der Waals surface area contributed by atoms with E-state index in [9.17, 15) is 0 Å². The number of nitrogens with zero attached hydrogens (tertiary/aromatic N) is 2. The molecule has 1 aromatic heterocycles. The van der Waals surface area contributed by atoms with E-state index in [1.807, 2.05) is 0 Å². The fourth-order valence-electron chi connectivity index (χ4n) is 3.84. The Hall–Kier alpha value is -1.35. The van der Waals surface area contributed by atoms with Gasteiger partial charge in [-0.25, -0.2) is 4.98 Å². The van der Waals surface area contributed by atoms with Gasteiger partial charge in [-0.3, -0.25) is 0 Å².